The van der Waals surface area contributed by atoms with E-state index in [0.717, 1.165) is 25.7 Å². The smallest absolute Gasteiger partial charge is 0.365 e. The Morgan fingerprint density at radius 2 is 1.70 bits per heavy atom. The molecule has 0 heterocycles. The van der Waals surface area contributed by atoms with E-state index in [9.17, 15) is 19.5 Å². The van der Waals surface area contributed by atoms with E-state index in [1.54, 1.807) is 0 Å². The Hall–Kier alpha value is -1.67. The van der Waals surface area contributed by atoms with Crippen molar-refractivity contribution in [2.45, 2.75) is 56.5 Å². The topological polar surface area (TPSA) is 168 Å². The highest BCUT2D eigenvalue weighted by atomic mass is 16.4. The molecule has 1 atom stereocenters. The highest BCUT2D eigenvalue weighted by molar-refractivity contribution is 5.76. The molecule has 0 bridgehead atoms. The van der Waals surface area contributed by atoms with Crippen molar-refractivity contribution in [3.63, 3.8) is 0 Å². The lowest BCUT2D eigenvalue weighted by Crippen LogP contribution is -2.77. The molecule has 0 saturated heterocycles. The second-order valence-corrected chi connectivity index (χ2v) is 5.00. The normalized spacial score (nSPS) is 18.3. The molecule has 7 N–H and O–H groups in total. The van der Waals surface area contributed by atoms with Gasteiger partial charge in [0.25, 0.3) is 0 Å². The fourth-order valence-electron chi connectivity index (χ4n) is 1.84. The summed E-state index contributed by atoms with van der Waals surface area (Å²) in [5.74, 6) is -3.20. The van der Waals surface area contributed by atoms with E-state index in [1.807, 2.05) is 0 Å². The van der Waals surface area contributed by atoms with Gasteiger partial charge in [-0.2, -0.15) is 0 Å². The summed E-state index contributed by atoms with van der Waals surface area (Å²) in [4.78, 5) is 30.4. The first-order valence-corrected chi connectivity index (χ1v) is 6.46. The van der Waals surface area contributed by atoms with Gasteiger partial charge in [-0.1, -0.05) is 6.42 Å². The molecule has 1 rings (SSSR count). The van der Waals surface area contributed by atoms with Gasteiger partial charge < -0.3 is 31.6 Å². The predicted molar refractivity (Wildman–Crippen MR) is 66.2 cm³/mol. The molecule has 0 amide bonds. The average Bonchev–Trinajstić information content (AvgIpc) is 2.37. The van der Waals surface area contributed by atoms with Crippen molar-refractivity contribution in [3.05, 3.63) is 0 Å². The highest BCUT2D eigenvalue weighted by Gasteiger charge is 2.39. The molecule has 8 nitrogen and oxygen atoms in total. The molecule has 1 aliphatic carbocycles. The Morgan fingerprint density at radius 1 is 1.20 bits per heavy atom. The predicted octanol–water partition coefficient (Wildman–Crippen LogP) is -2.06. The molecule has 1 saturated carbocycles. The molecule has 0 spiro atoms. The number of carbonyl (C=O) groups is 3. The van der Waals surface area contributed by atoms with E-state index in [4.69, 9.17) is 15.9 Å². The van der Waals surface area contributed by atoms with E-state index in [-0.39, 0.29) is 12.8 Å². The Labute approximate surface area is 116 Å². The van der Waals surface area contributed by atoms with Crippen LogP contribution in [0.25, 0.3) is 0 Å². The molecule has 0 aliphatic heterocycles. The summed E-state index contributed by atoms with van der Waals surface area (Å²) < 4.78 is 0. The van der Waals surface area contributed by atoms with Gasteiger partial charge in [-0.15, -0.1) is 0 Å². The third-order valence-electron chi connectivity index (χ3n) is 3.24. The number of quaternary nitrogens is 1. The maximum absolute atomic E-state index is 10.6. The van der Waals surface area contributed by atoms with Crippen LogP contribution in [0.1, 0.15) is 44.9 Å². The van der Waals surface area contributed by atoms with Gasteiger partial charge in [0.15, 0.2) is 5.54 Å². The van der Waals surface area contributed by atoms with Crippen LogP contribution >= 0.6 is 0 Å². The van der Waals surface area contributed by atoms with Crippen LogP contribution < -0.4 is 16.6 Å². The molecule has 8 heteroatoms. The zero-order chi connectivity index (χ0) is 15.8. The average molecular weight is 290 g/mol. The number of rotatable bonds is 5. The minimum atomic E-state index is -1.28. The summed E-state index contributed by atoms with van der Waals surface area (Å²) in [5.41, 5.74) is 8.05. The summed E-state index contributed by atoms with van der Waals surface area (Å²) in [7, 11) is 0. The second kappa shape index (κ2) is 8.49. The summed E-state index contributed by atoms with van der Waals surface area (Å²) in [5, 5.41) is 26.7. The Balaban J connectivity index is 0.000000361. The third-order valence-corrected chi connectivity index (χ3v) is 3.24. The van der Waals surface area contributed by atoms with Crippen molar-refractivity contribution in [1.82, 2.24) is 0 Å². The van der Waals surface area contributed by atoms with Crippen molar-refractivity contribution in [2.75, 3.05) is 0 Å². The fraction of sp³-hybridized carbons (Fsp3) is 0.750. The lowest BCUT2D eigenvalue weighted by Gasteiger charge is -2.24. The Kier molecular flexibility index (Phi) is 7.78. The van der Waals surface area contributed by atoms with Crippen LogP contribution in [0, 0.1) is 0 Å². The van der Waals surface area contributed by atoms with Crippen LogP contribution in [0.3, 0.4) is 0 Å². The zero-order valence-corrected chi connectivity index (χ0v) is 11.3. The molecule has 0 aromatic rings. The summed E-state index contributed by atoms with van der Waals surface area (Å²) in [6, 6.07) is -1.10. The monoisotopic (exact) mass is 290 g/mol. The number of aliphatic carboxylic acids is 3. The Bertz CT molecular complexity index is 352. The van der Waals surface area contributed by atoms with Crippen LogP contribution in [0.4, 0.5) is 0 Å². The van der Waals surface area contributed by atoms with Crippen molar-refractivity contribution < 1.29 is 35.4 Å². The van der Waals surface area contributed by atoms with Crippen LogP contribution in [-0.2, 0) is 14.4 Å². The van der Waals surface area contributed by atoms with E-state index < -0.39 is 29.5 Å². The SMILES string of the molecule is N[C@@H](CCC(=O)[O-])C(=O)O.[NH3+]C1(C(=O)O)CCCCC1. The number of carboxylic acid groups (broad SMARTS) is 3. The standard InChI is InChI=1S/C7H13NO2.C5H9NO4/c8-7(6(9)10)4-2-1-3-5-7;6-3(5(9)10)1-2-4(7)8/h1-5,8H2,(H,9,10);3H,1-2,6H2,(H,7,8)(H,9,10)/t;3-/m.0/s1. The Morgan fingerprint density at radius 3 is 2.00 bits per heavy atom. The second-order valence-electron chi connectivity index (χ2n) is 5.00. The molecule has 116 valence electrons. The minimum Gasteiger partial charge on any atom is -0.550 e. The van der Waals surface area contributed by atoms with E-state index in [2.05, 4.69) is 5.73 Å². The van der Waals surface area contributed by atoms with Crippen LogP contribution in [0.2, 0.25) is 0 Å². The molecule has 20 heavy (non-hydrogen) atoms. The van der Waals surface area contributed by atoms with Crippen molar-refractivity contribution in [2.24, 2.45) is 5.73 Å². The van der Waals surface area contributed by atoms with Gasteiger partial charge in [0.2, 0.25) is 0 Å². The largest absolute Gasteiger partial charge is 0.550 e. The number of carboxylic acids is 3. The molecule has 0 unspecified atom stereocenters. The number of nitrogens with two attached hydrogens (primary N) is 1. The van der Waals surface area contributed by atoms with Crippen LogP contribution in [-0.4, -0.2) is 39.7 Å². The molecule has 0 aromatic heterocycles. The van der Waals surface area contributed by atoms with Crippen molar-refractivity contribution in [1.29, 1.82) is 0 Å². The van der Waals surface area contributed by atoms with Gasteiger partial charge in [0.1, 0.15) is 6.04 Å². The lowest BCUT2D eigenvalue weighted by atomic mass is 9.83. The van der Waals surface area contributed by atoms with E-state index in [0.29, 0.717) is 0 Å². The van der Waals surface area contributed by atoms with Crippen molar-refractivity contribution >= 4 is 17.9 Å². The maximum Gasteiger partial charge on any atom is 0.365 e. The van der Waals surface area contributed by atoms with Gasteiger partial charge in [-0.3, -0.25) is 4.79 Å². The lowest BCUT2D eigenvalue weighted by molar-refractivity contribution is -0.468. The van der Waals surface area contributed by atoms with Crippen molar-refractivity contribution in [3.8, 4) is 0 Å². The summed E-state index contributed by atoms with van der Waals surface area (Å²) >= 11 is 0. The number of hydrogen-bond acceptors (Lipinski definition) is 5. The van der Waals surface area contributed by atoms with E-state index >= 15 is 0 Å². The third kappa shape index (κ3) is 7.05. The molecule has 1 aliphatic rings. The van der Waals surface area contributed by atoms with Crippen LogP contribution in [0.15, 0.2) is 0 Å². The molecule has 1 fully saturated rings. The van der Waals surface area contributed by atoms with Gasteiger partial charge in [-0.25, -0.2) is 4.79 Å². The molecular formula is C12H22N2O6. The quantitative estimate of drug-likeness (QED) is 0.451. The zero-order valence-electron chi connectivity index (χ0n) is 11.3. The first-order chi connectivity index (χ1) is 9.19. The number of hydrogen-bond donors (Lipinski definition) is 4. The fourth-order valence-corrected chi connectivity index (χ4v) is 1.84. The summed E-state index contributed by atoms with van der Waals surface area (Å²) in [6.07, 6.45) is 4.33. The first-order valence-electron chi connectivity index (χ1n) is 6.46. The minimum absolute atomic E-state index is 0.0856. The van der Waals surface area contributed by atoms with Gasteiger partial charge in [0, 0.05) is 18.8 Å². The molecule has 0 aromatic carbocycles. The van der Waals surface area contributed by atoms with Gasteiger partial charge in [-0.05, 0) is 25.7 Å². The van der Waals surface area contributed by atoms with Gasteiger partial charge in [0.05, 0.1) is 0 Å². The summed E-state index contributed by atoms with van der Waals surface area (Å²) in [6.45, 7) is 0. The highest BCUT2D eigenvalue weighted by Crippen LogP contribution is 2.23. The molecular weight excluding hydrogens is 268 g/mol. The van der Waals surface area contributed by atoms with Gasteiger partial charge >= 0.3 is 11.9 Å². The van der Waals surface area contributed by atoms with Crippen LogP contribution in [0.5, 0.6) is 0 Å². The maximum atomic E-state index is 10.6. The van der Waals surface area contributed by atoms with E-state index in [1.165, 1.54) is 6.42 Å². The number of carbonyl (C=O) groups excluding carboxylic acids is 1. The molecule has 0 radical (unpaired) electrons. The first kappa shape index (κ1) is 18.3.